The van der Waals surface area contributed by atoms with Crippen molar-refractivity contribution in [2.75, 3.05) is 0 Å². The molecule has 5 nitrogen and oxygen atoms in total. The molecule has 1 aromatic heterocycles. The lowest BCUT2D eigenvalue weighted by Crippen LogP contribution is -2.23. The minimum Gasteiger partial charge on any atom is -0.348 e. The van der Waals surface area contributed by atoms with E-state index in [1.165, 1.54) is 29.5 Å². The fourth-order valence-electron chi connectivity index (χ4n) is 2.29. The molecule has 5 heteroatoms. The van der Waals surface area contributed by atoms with Gasteiger partial charge >= 0.3 is 0 Å². The molecule has 2 aromatic rings. The van der Waals surface area contributed by atoms with Crippen molar-refractivity contribution in [1.82, 2.24) is 15.6 Å². The van der Waals surface area contributed by atoms with Gasteiger partial charge in [0.05, 0.1) is 5.56 Å². The highest BCUT2D eigenvalue weighted by molar-refractivity contribution is 5.93. The van der Waals surface area contributed by atoms with Crippen molar-refractivity contribution >= 4 is 5.91 Å². The number of carbonyl (C=O) groups is 1. The average Bonchev–Trinajstić information content (AvgIpc) is 2.93. The maximum atomic E-state index is 11.9. The van der Waals surface area contributed by atoms with Crippen LogP contribution in [-0.2, 0) is 19.6 Å². The third-order valence-electron chi connectivity index (χ3n) is 3.40. The SMILES string of the molecule is O=C(NCc1ccc2c(c1)CNC2)c1ccc(=O)[nH]c1. The third-order valence-corrected chi connectivity index (χ3v) is 3.40. The number of aromatic nitrogens is 1. The van der Waals surface area contributed by atoms with Gasteiger partial charge in [0.2, 0.25) is 5.56 Å². The first-order chi connectivity index (χ1) is 9.72. The molecular formula is C15H15N3O2. The Hall–Kier alpha value is -2.40. The number of rotatable bonds is 3. The van der Waals surface area contributed by atoms with Gasteiger partial charge in [-0.1, -0.05) is 18.2 Å². The number of hydrogen-bond donors (Lipinski definition) is 3. The van der Waals surface area contributed by atoms with E-state index < -0.39 is 0 Å². The Bertz CT molecular complexity index is 686. The highest BCUT2D eigenvalue weighted by Gasteiger charge is 2.10. The highest BCUT2D eigenvalue weighted by Crippen LogP contribution is 2.16. The molecule has 0 spiro atoms. The van der Waals surface area contributed by atoms with Gasteiger partial charge in [-0.2, -0.15) is 0 Å². The molecule has 0 radical (unpaired) electrons. The third kappa shape index (κ3) is 2.62. The fraction of sp³-hybridized carbons (Fsp3) is 0.200. The van der Waals surface area contributed by atoms with E-state index in [1.807, 2.05) is 6.07 Å². The van der Waals surface area contributed by atoms with Gasteiger partial charge < -0.3 is 15.6 Å². The summed E-state index contributed by atoms with van der Waals surface area (Å²) in [5.41, 5.74) is 3.92. The Labute approximate surface area is 116 Å². The predicted octanol–water partition coefficient (Wildman–Crippen LogP) is 0.908. The second-order valence-corrected chi connectivity index (χ2v) is 4.83. The van der Waals surface area contributed by atoms with E-state index in [4.69, 9.17) is 0 Å². The van der Waals surface area contributed by atoms with Gasteiger partial charge in [0.25, 0.3) is 5.91 Å². The smallest absolute Gasteiger partial charge is 0.253 e. The van der Waals surface area contributed by atoms with Crippen LogP contribution in [0.1, 0.15) is 27.0 Å². The predicted molar refractivity (Wildman–Crippen MR) is 75.2 cm³/mol. The summed E-state index contributed by atoms with van der Waals surface area (Å²) < 4.78 is 0. The minimum atomic E-state index is -0.215. The number of carbonyl (C=O) groups excluding carboxylic acids is 1. The second-order valence-electron chi connectivity index (χ2n) is 4.83. The molecule has 0 bridgehead atoms. The molecule has 0 saturated heterocycles. The molecule has 1 aromatic carbocycles. The molecule has 1 aliphatic heterocycles. The van der Waals surface area contributed by atoms with Gasteiger partial charge in [0, 0.05) is 31.9 Å². The molecule has 3 N–H and O–H groups in total. The summed E-state index contributed by atoms with van der Waals surface area (Å²) in [6, 6.07) is 9.09. The van der Waals surface area contributed by atoms with Crippen LogP contribution in [0.15, 0.2) is 41.3 Å². The van der Waals surface area contributed by atoms with E-state index in [1.54, 1.807) is 0 Å². The summed E-state index contributed by atoms with van der Waals surface area (Å²) in [5.74, 6) is -0.195. The zero-order chi connectivity index (χ0) is 13.9. The molecule has 0 saturated carbocycles. The number of aromatic amines is 1. The largest absolute Gasteiger partial charge is 0.348 e. The minimum absolute atomic E-state index is 0.195. The highest BCUT2D eigenvalue weighted by atomic mass is 16.1. The van der Waals surface area contributed by atoms with Crippen LogP contribution in [0.4, 0.5) is 0 Å². The first kappa shape index (κ1) is 12.6. The summed E-state index contributed by atoms with van der Waals surface area (Å²) in [5, 5.41) is 6.13. The number of H-pyrrole nitrogens is 1. The summed E-state index contributed by atoms with van der Waals surface area (Å²) in [4.78, 5) is 25.3. The van der Waals surface area contributed by atoms with Crippen molar-refractivity contribution in [3.8, 4) is 0 Å². The number of amides is 1. The van der Waals surface area contributed by atoms with Gasteiger partial charge in [-0.25, -0.2) is 0 Å². The van der Waals surface area contributed by atoms with Gasteiger partial charge in [0.1, 0.15) is 0 Å². The van der Waals surface area contributed by atoms with Crippen molar-refractivity contribution in [2.45, 2.75) is 19.6 Å². The van der Waals surface area contributed by atoms with Crippen LogP contribution in [0, 0.1) is 0 Å². The standard InChI is InChI=1S/C15H15N3O2/c19-14-4-3-12(9-17-14)15(20)18-6-10-1-2-11-7-16-8-13(11)5-10/h1-5,9,16H,6-8H2,(H,17,19)(H,18,20). The number of fused-ring (bicyclic) bond motifs is 1. The molecule has 1 aliphatic rings. The summed E-state index contributed by atoms with van der Waals surface area (Å²) in [7, 11) is 0. The molecule has 102 valence electrons. The van der Waals surface area contributed by atoms with Crippen LogP contribution < -0.4 is 16.2 Å². The van der Waals surface area contributed by atoms with E-state index in [2.05, 4.69) is 27.8 Å². The maximum absolute atomic E-state index is 11.9. The normalized spacial score (nSPS) is 13.0. The molecule has 1 amide bonds. The number of pyridine rings is 1. The van der Waals surface area contributed by atoms with Crippen molar-refractivity contribution in [3.63, 3.8) is 0 Å². The van der Waals surface area contributed by atoms with Gasteiger partial charge in [0.15, 0.2) is 0 Å². The van der Waals surface area contributed by atoms with Crippen molar-refractivity contribution in [3.05, 3.63) is 69.1 Å². The monoisotopic (exact) mass is 269 g/mol. The lowest BCUT2D eigenvalue weighted by molar-refractivity contribution is 0.0950. The number of nitrogens with one attached hydrogen (secondary N) is 3. The summed E-state index contributed by atoms with van der Waals surface area (Å²) >= 11 is 0. The van der Waals surface area contributed by atoms with E-state index in [0.29, 0.717) is 12.1 Å². The van der Waals surface area contributed by atoms with Crippen LogP contribution in [0.2, 0.25) is 0 Å². The Kier molecular flexibility index (Phi) is 3.35. The van der Waals surface area contributed by atoms with E-state index in [0.717, 1.165) is 18.7 Å². The molecule has 2 heterocycles. The maximum Gasteiger partial charge on any atom is 0.253 e. The van der Waals surface area contributed by atoms with Crippen molar-refractivity contribution in [2.24, 2.45) is 0 Å². The van der Waals surface area contributed by atoms with Crippen molar-refractivity contribution in [1.29, 1.82) is 0 Å². The molecule has 0 unspecified atom stereocenters. The first-order valence-corrected chi connectivity index (χ1v) is 6.51. The molecule has 0 fully saturated rings. The quantitative estimate of drug-likeness (QED) is 0.775. The average molecular weight is 269 g/mol. The lowest BCUT2D eigenvalue weighted by atomic mass is 10.1. The summed E-state index contributed by atoms with van der Waals surface area (Å²) in [6.45, 7) is 2.28. The van der Waals surface area contributed by atoms with E-state index in [9.17, 15) is 9.59 Å². The van der Waals surface area contributed by atoms with Gasteiger partial charge in [-0.15, -0.1) is 0 Å². The van der Waals surface area contributed by atoms with Crippen LogP contribution in [0.25, 0.3) is 0 Å². The van der Waals surface area contributed by atoms with Crippen LogP contribution in [0.3, 0.4) is 0 Å². The van der Waals surface area contributed by atoms with Crippen LogP contribution in [0.5, 0.6) is 0 Å². The zero-order valence-electron chi connectivity index (χ0n) is 10.9. The van der Waals surface area contributed by atoms with Gasteiger partial charge in [-0.3, -0.25) is 9.59 Å². The van der Waals surface area contributed by atoms with Crippen molar-refractivity contribution < 1.29 is 4.79 Å². The van der Waals surface area contributed by atoms with Crippen LogP contribution >= 0.6 is 0 Å². The zero-order valence-corrected chi connectivity index (χ0v) is 10.9. The van der Waals surface area contributed by atoms with E-state index >= 15 is 0 Å². The summed E-state index contributed by atoms with van der Waals surface area (Å²) in [6.07, 6.45) is 1.42. The second kappa shape index (κ2) is 5.30. The Morgan fingerprint density at radius 1 is 1.15 bits per heavy atom. The van der Waals surface area contributed by atoms with Crippen LogP contribution in [-0.4, -0.2) is 10.9 Å². The lowest BCUT2D eigenvalue weighted by Gasteiger charge is -2.07. The Balaban J connectivity index is 1.66. The number of benzene rings is 1. The Morgan fingerprint density at radius 3 is 2.80 bits per heavy atom. The fourth-order valence-corrected chi connectivity index (χ4v) is 2.29. The van der Waals surface area contributed by atoms with E-state index in [-0.39, 0.29) is 11.5 Å². The first-order valence-electron chi connectivity index (χ1n) is 6.51. The molecule has 0 aliphatic carbocycles. The Morgan fingerprint density at radius 2 is 2.00 bits per heavy atom. The topological polar surface area (TPSA) is 74.0 Å². The molecule has 20 heavy (non-hydrogen) atoms. The molecular weight excluding hydrogens is 254 g/mol. The molecule has 3 rings (SSSR count). The number of hydrogen-bond acceptors (Lipinski definition) is 3. The molecule has 0 atom stereocenters. The van der Waals surface area contributed by atoms with Gasteiger partial charge in [-0.05, 0) is 22.8 Å².